The van der Waals surface area contributed by atoms with Gasteiger partial charge in [-0.2, -0.15) is 0 Å². The summed E-state index contributed by atoms with van der Waals surface area (Å²) in [4.78, 5) is 4.09. The molecule has 0 aliphatic heterocycles. The van der Waals surface area contributed by atoms with Crippen molar-refractivity contribution in [1.82, 2.24) is 10.3 Å². The number of nitrogens with one attached hydrogen (secondary N) is 1. The van der Waals surface area contributed by atoms with Gasteiger partial charge in [0, 0.05) is 18.4 Å². The first-order valence-electron chi connectivity index (χ1n) is 5.55. The van der Waals surface area contributed by atoms with Crippen LogP contribution in [0.1, 0.15) is 32.8 Å². The molecular weight excluding hydrogens is 184 g/mol. The molecule has 1 unspecified atom stereocenters. The zero-order valence-corrected chi connectivity index (χ0v) is 9.83. The first-order chi connectivity index (χ1) is 7.24. The van der Waals surface area contributed by atoms with Crippen LogP contribution < -0.4 is 5.32 Å². The predicted octanol–water partition coefficient (Wildman–Crippen LogP) is 2.87. The van der Waals surface area contributed by atoms with Gasteiger partial charge in [-0.1, -0.05) is 24.6 Å². The summed E-state index contributed by atoms with van der Waals surface area (Å²) in [7, 11) is 0. The van der Waals surface area contributed by atoms with Crippen LogP contribution in [0.4, 0.5) is 0 Å². The molecule has 82 valence electrons. The van der Waals surface area contributed by atoms with E-state index in [1.165, 1.54) is 17.6 Å². The van der Waals surface area contributed by atoms with Gasteiger partial charge in [0.15, 0.2) is 0 Å². The molecule has 0 aliphatic carbocycles. The number of aromatic nitrogens is 1. The summed E-state index contributed by atoms with van der Waals surface area (Å²) in [6.45, 7) is 7.59. The Labute approximate surface area is 92.4 Å². The highest BCUT2D eigenvalue weighted by Gasteiger charge is 2.01. The van der Waals surface area contributed by atoms with Gasteiger partial charge in [0.1, 0.15) is 0 Å². The maximum absolute atomic E-state index is 4.09. The van der Waals surface area contributed by atoms with E-state index < -0.39 is 0 Å². The molecule has 0 spiro atoms. The van der Waals surface area contributed by atoms with Gasteiger partial charge in [0.25, 0.3) is 0 Å². The maximum atomic E-state index is 4.09. The molecule has 0 aliphatic rings. The summed E-state index contributed by atoms with van der Waals surface area (Å²) in [5.74, 6) is 0. The molecule has 1 aromatic heterocycles. The highest BCUT2D eigenvalue weighted by atomic mass is 14.9. The Kier molecular flexibility index (Phi) is 5.05. The molecule has 0 amide bonds. The van der Waals surface area contributed by atoms with Crippen molar-refractivity contribution >= 4 is 6.08 Å². The lowest BCUT2D eigenvalue weighted by Gasteiger charge is -2.13. The number of hydrogen-bond donors (Lipinski definition) is 1. The standard InChI is InChI=1S/C13H20N2/c1-4-7-15-12(3)11(2)9-13-6-5-8-14-10-13/h5-6,8-10,12,15H,4,7H2,1-3H3/b11-9+. The summed E-state index contributed by atoms with van der Waals surface area (Å²) in [5.41, 5.74) is 2.51. The van der Waals surface area contributed by atoms with E-state index >= 15 is 0 Å². The molecule has 2 heteroatoms. The molecule has 15 heavy (non-hydrogen) atoms. The van der Waals surface area contributed by atoms with E-state index in [-0.39, 0.29) is 0 Å². The van der Waals surface area contributed by atoms with Crippen LogP contribution >= 0.6 is 0 Å². The minimum atomic E-state index is 0.435. The molecule has 1 atom stereocenters. The van der Waals surface area contributed by atoms with Crippen molar-refractivity contribution in [2.45, 2.75) is 33.2 Å². The monoisotopic (exact) mass is 204 g/mol. The van der Waals surface area contributed by atoms with Crippen LogP contribution in [-0.4, -0.2) is 17.6 Å². The van der Waals surface area contributed by atoms with Gasteiger partial charge in [-0.05, 0) is 38.4 Å². The largest absolute Gasteiger partial charge is 0.311 e. The summed E-state index contributed by atoms with van der Waals surface area (Å²) in [6, 6.07) is 4.47. The van der Waals surface area contributed by atoms with Gasteiger partial charge in [0.05, 0.1) is 0 Å². The third-order valence-corrected chi connectivity index (χ3v) is 2.46. The van der Waals surface area contributed by atoms with Gasteiger partial charge < -0.3 is 5.32 Å². The molecule has 1 heterocycles. The van der Waals surface area contributed by atoms with Crippen LogP contribution in [0, 0.1) is 0 Å². The SMILES string of the molecule is CCCNC(C)/C(C)=C/c1cccnc1. The highest BCUT2D eigenvalue weighted by Crippen LogP contribution is 2.08. The first-order valence-corrected chi connectivity index (χ1v) is 5.55. The lowest BCUT2D eigenvalue weighted by molar-refractivity contribution is 0.604. The molecule has 1 rings (SSSR count). The van der Waals surface area contributed by atoms with Gasteiger partial charge in [-0.15, -0.1) is 0 Å². The van der Waals surface area contributed by atoms with Crippen molar-refractivity contribution in [3.05, 3.63) is 35.7 Å². The van der Waals surface area contributed by atoms with Crippen LogP contribution in [0.5, 0.6) is 0 Å². The van der Waals surface area contributed by atoms with Gasteiger partial charge >= 0.3 is 0 Å². The van der Waals surface area contributed by atoms with E-state index in [9.17, 15) is 0 Å². The van der Waals surface area contributed by atoms with Crippen LogP contribution in [0.3, 0.4) is 0 Å². The Balaban J connectivity index is 2.59. The number of pyridine rings is 1. The lowest BCUT2D eigenvalue weighted by Crippen LogP contribution is -2.27. The minimum absolute atomic E-state index is 0.435. The molecule has 0 fully saturated rings. The zero-order chi connectivity index (χ0) is 11.1. The Hall–Kier alpha value is -1.15. The molecule has 2 nitrogen and oxygen atoms in total. The quantitative estimate of drug-likeness (QED) is 0.797. The van der Waals surface area contributed by atoms with Crippen molar-refractivity contribution in [1.29, 1.82) is 0 Å². The highest BCUT2D eigenvalue weighted by molar-refractivity contribution is 5.52. The fourth-order valence-electron chi connectivity index (χ4n) is 1.37. The van der Waals surface area contributed by atoms with Crippen molar-refractivity contribution < 1.29 is 0 Å². The second kappa shape index (κ2) is 6.36. The van der Waals surface area contributed by atoms with Crippen molar-refractivity contribution in [3.63, 3.8) is 0 Å². The van der Waals surface area contributed by atoms with Crippen LogP contribution in [-0.2, 0) is 0 Å². The summed E-state index contributed by atoms with van der Waals surface area (Å²) >= 11 is 0. The van der Waals surface area contributed by atoms with Gasteiger partial charge in [0.2, 0.25) is 0 Å². The van der Waals surface area contributed by atoms with E-state index in [1.54, 1.807) is 6.20 Å². The van der Waals surface area contributed by atoms with Crippen molar-refractivity contribution in [2.75, 3.05) is 6.54 Å². The second-order valence-corrected chi connectivity index (χ2v) is 3.85. The summed E-state index contributed by atoms with van der Waals surface area (Å²) in [6.07, 6.45) is 7.03. The van der Waals surface area contributed by atoms with E-state index in [2.05, 4.69) is 43.2 Å². The van der Waals surface area contributed by atoms with Crippen LogP contribution in [0.25, 0.3) is 6.08 Å². The van der Waals surface area contributed by atoms with Crippen molar-refractivity contribution in [2.24, 2.45) is 0 Å². The fraction of sp³-hybridized carbons (Fsp3) is 0.462. The smallest absolute Gasteiger partial charge is 0.0340 e. The van der Waals surface area contributed by atoms with Gasteiger partial charge in [-0.3, -0.25) is 4.98 Å². The Morgan fingerprint density at radius 1 is 1.60 bits per heavy atom. The predicted molar refractivity (Wildman–Crippen MR) is 65.6 cm³/mol. The molecule has 0 saturated carbocycles. The average Bonchev–Trinajstić information content (AvgIpc) is 2.27. The lowest BCUT2D eigenvalue weighted by atomic mass is 10.1. The summed E-state index contributed by atoms with van der Waals surface area (Å²) < 4.78 is 0. The van der Waals surface area contributed by atoms with Crippen LogP contribution in [0.2, 0.25) is 0 Å². The van der Waals surface area contributed by atoms with E-state index in [1.807, 2.05) is 12.3 Å². The topological polar surface area (TPSA) is 24.9 Å². The van der Waals surface area contributed by atoms with E-state index in [0.29, 0.717) is 6.04 Å². The number of nitrogens with zero attached hydrogens (tertiary/aromatic N) is 1. The van der Waals surface area contributed by atoms with Gasteiger partial charge in [-0.25, -0.2) is 0 Å². The molecule has 0 radical (unpaired) electrons. The van der Waals surface area contributed by atoms with E-state index in [0.717, 1.165) is 6.54 Å². The number of hydrogen-bond acceptors (Lipinski definition) is 2. The van der Waals surface area contributed by atoms with E-state index in [4.69, 9.17) is 0 Å². The second-order valence-electron chi connectivity index (χ2n) is 3.85. The van der Waals surface area contributed by atoms with Crippen molar-refractivity contribution in [3.8, 4) is 0 Å². The zero-order valence-electron chi connectivity index (χ0n) is 9.83. The Bertz CT molecular complexity index is 304. The first kappa shape index (κ1) is 11.9. The Morgan fingerprint density at radius 2 is 2.40 bits per heavy atom. The third kappa shape index (κ3) is 4.26. The summed E-state index contributed by atoms with van der Waals surface area (Å²) in [5, 5.41) is 3.46. The molecule has 1 aromatic rings. The third-order valence-electron chi connectivity index (χ3n) is 2.46. The number of rotatable bonds is 5. The normalized spacial score (nSPS) is 13.9. The molecule has 0 saturated heterocycles. The molecular formula is C13H20N2. The molecule has 0 bridgehead atoms. The fourth-order valence-corrected chi connectivity index (χ4v) is 1.37. The average molecular weight is 204 g/mol. The maximum Gasteiger partial charge on any atom is 0.0340 e. The van der Waals surface area contributed by atoms with Crippen LogP contribution in [0.15, 0.2) is 30.1 Å². The minimum Gasteiger partial charge on any atom is -0.311 e. The molecule has 0 aromatic carbocycles. The Morgan fingerprint density at radius 3 is 3.00 bits per heavy atom. The molecule has 1 N–H and O–H groups in total.